The summed E-state index contributed by atoms with van der Waals surface area (Å²) in [7, 11) is 0. The zero-order valence-corrected chi connectivity index (χ0v) is 11.0. The average Bonchev–Trinajstić information content (AvgIpc) is 2.30. The van der Waals surface area contributed by atoms with E-state index in [1.165, 1.54) is 0 Å². The van der Waals surface area contributed by atoms with E-state index in [0.717, 1.165) is 13.1 Å². The monoisotopic (exact) mass is 255 g/mol. The molecule has 0 radical (unpaired) electrons. The van der Waals surface area contributed by atoms with E-state index < -0.39 is 0 Å². The lowest BCUT2D eigenvalue weighted by molar-refractivity contribution is -0.130. The van der Waals surface area contributed by atoms with Gasteiger partial charge in [0.25, 0.3) is 0 Å². The lowest BCUT2D eigenvalue weighted by atomic mass is 10.3. The topological polar surface area (TPSA) is 45.2 Å². The lowest BCUT2D eigenvalue weighted by Crippen LogP contribution is -2.31. The van der Waals surface area contributed by atoms with Crippen LogP contribution < -0.4 is 5.32 Å². The van der Waals surface area contributed by atoms with Crippen molar-refractivity contribution in [1.29, 1.82) is 0 Å². The molecule has 0 aliphatic carbocycles. The molecule has 1 amide bonds. The van der Waals surface area contributed by atoms with Crippen molar-refractivity contribution in [2.24, 2.45) is 0 Å². The van der Waals surface area contributed by atoms with Crippen LogP contribution in [0.4, 0.5) is 5.82 Å². The summed E-state index contributed by atoms with van der Waals surface area (Å²) >= 11 is 5.76. The van der Waals surface area contributed by atoms with Gasteiger partial charge in [-0.15, -0.1) is 0 Å². The number of anilines is 1. The fourth-order valence-corrected chi connectivity index (χ4v) is 1.70. The summed E-state index contributed by atoms with van der Waals surface area (Å²) in [6, 6.07) is 5.37. The molecule has 0 spiro atoms. The van der Waals surface area contributed by atoms with Crippen LogP contribution in [-0.4, -0.2) is 35.4 Å². The molecule has 5 heteroatoms. The number of hydrogen-bond acceptors (Lipinski definition) is 3. The fraction of sp³-hybridized carbons (Fsp3) is 0.500. The Balaban J connectivity index is 2.35. The quantitative estimate of drug-likeness (QED) is 0.794. The van der Waals surface area contributed by atoms with Gasteiger partial charge in [0.1, 0.15) is 11.0 Å². The van der Waals surface area contributed by atoms with Crippen molar-refractivity contribution in [1.82, 2.24) is 9.88 Å². The summed E-state index contributed by atoms with van der Waals surface area (Å²) in [6.07, 6.45) is 0.468. The Morgan fingerprint density at radius 1 is 1.41 bits per heavy atom. The second-order valence-electron chi connectivity index (χ2n) is 3.59. The van der Waals surface area contributed by atoms with Crippen LogP contribution in [-0.2, 0) is 4.79 Å². The van der Waals surface area contributed by atoms with Gasteiger partial charge in [-0.05, 0) is 26.0 Å². The van der Waals surface area contributed by atoms with Gasteiger partial charge in [-0.25, -0.2) is 4.98 Å². The zero-order chi connectivity index (χ0) is 12.7. The highest BCUT2D eigenvalue weighted by molar-refractivity contribution is 6.29. The molecule has 1 N–H and O–H groups in total. The minimum absolute atomic E-state index is 0.157. The first-order valence-electron chi connectivity index (χ1n) is 5.81. The molecule has 0 unspecified atom stereocenters. The first-order valence-corrected chi connectivity index (χ1v) is 6.19. The molecule has 0 atom stereocenters. The number of carbonyl (C=O) groups excluding carboxylic acids is 1. The van der Waals surface area contributed by atoms with Crippen molar-refractivity contribution < 1.29 is 4.79 Å². The Labute approximate surface area is 107 Å². The van der Waals surface area contributed by atoms with Crippen LogP contribution in [0.3, 0.4) is 0 Å². The third kappa shape index (κ3) is 4.61. The summed E-state index contributed by atoms with van der Waals surface area (Å²) in [4.78, 5) is 17.6. The largest absolute Gasteiger partial charge is 0.370 e. The molecule has 0 saturated carbocycles. The molecule has 0 aliphatic rings. The zero-order valence-electron chi connectivity index (χ0n) is 10.2. The molecule has 0 saturated heterocycles. The summed E-state index contributed by atoms with van der Waals surface area (Å²) < 4.78 is 0. The SMILES string of the molecule is CCN(CC)C(=O)CCNc1cccc(Cl)n1. The van der Waals surface area contributed by atoms with Crippen LogP contribution in [0.5, 0.6) is 0 Å². The van der Waals surface area contributed by atoms with Gasteiger partial charge in [-0.1, -0.05) is 17.7 Å². The van der Waals surface area contributed by atoms with Gasteiger partial charge in [0.05, 0.1) is 0 Å². The van der Waals surface area contributed by atoms with E-state index in [0.29, 0.717) is 23.9 Å². The predicted octanol–water partition coefficient (Wildman–Crippen LogP) is 2.41. The molecule has 17 heavy (non-hydrogen) atoms. The van der Waals surface area contributed by atoms with Crippen LogP contribution in [0, 0.1) is 0 Å². The Morgan fingerprint density at radius 3 is 2.71 bits per heavy atom. The maximum absolute atomic E-state index is 11.7. The molecule has 94 valence electrons. The molecule has 1 heterocycles. The Bertz CT molecular complexity index is 367. The normalized spacial score (nSPS) is 10.1. The van der Waals surface area contributed by atoms with Gasteiger partial charge in [-0.2, -0.15) is 0 Å². The molecule has 0 aromatic carbocycles. The number of nitrogens with zero attached hydrogens (tertiary/aromatic N) is 2. The van der Waals surface area contributed by atoms with Gasteiger partial charge in [0.2, 0.25) is 5.91 Å². The summed E-state index contributed by atoms with van der Waals surface area (Å²) in [6.45, 7) is 6.04. The van der Waals surface area contributed by atoms with Crippen LogP contribution in [0.15, 0.2) is 18.2 Å². The van der Waals surface area contributed by atoms with Gasteiger partial charge in [-0.3, -0.25) is 4.79 Å². The van der Waals surface area contributed by atoms with E-state index in [4.69, 9.17) is 11.6 Å². The molecule has 1 aromatic rings. The Kier molecular flexibility index (Phi) is 5.77. The van der Waals surface area contributed by atoms with E-state index in [1.54, 1.807) is 6.07 Å². The lowest BCUT2D eigenvalue weighted by Gasteiger charge is -2.18. The van der Waals surface area contributed by atoms with E-state index in [1.807, 2.05) is 30.9 Å². The van der Waals surface area contributed by atoms with Crippen LogP contribution in [0.2, 0.25) is 5.15 Å². The van der Waals surface area contributed by atoms with Crippen molar-refractivity contribution in [2.45, 2.75) is 20.3 Å². The van der Waals surface area contributed by atoms with E-state index >= 15 is 0 Å². The van der Waals surface area contributed by atoms with Crippen molar-refractivity contribution in [2.75, 3.05) is 25.0 Å². The first kappa shape index (κ1) is 13.8. The highest BCUT2D eigenvalue weighted by Gasteiger charge is 2.08. The Hall–Kier alpha value is -1.29. The van der Waals surface area contributed by atoms with Crippen LogP contribution >= 0.6 is 11.6 Å². The summed E-state index contributed by atoms with van der Waals surface area (Å²) in [5.41, 5.74) is 0. The molecular formula is C12H18ClN3O. The number of carbonyl (C=O) groups is 1. The number of halogens is 1. The number of pyridine rings is 1. The third-order valence-electron chi connectivity index (χ3n) is 2.48. The molecular weight excluding hydrogens is 238 g/mol. The first-order chi connectivity index (χ1) is 8.17. The number of aromatic nitrogens is 1. The highest BCUT2D eigenvalue weighted by Crippen LogP contribution is 2.09. The van der Waals surface area contributed by atoms with E-state index in [9.17, 15) is 4.79 Å². The molecule has 0 fully saturated rings. The molecule has 4 nitrogen and oxygen atoms in total. The third-order valence-corrected chi connectivity index (χ3v) is 2.69. The average molecular weight is 256 g/mol. The number of amides is 1. The van der Waals surface area contributed by atoms with Gasteiger partial charge < -0.3 is 10.2 Å². The van der Waals surface area contributed by atoms with Crippen molar-refractivity contribution >= 4 is 23.3 Å². The van der Waals surface area contributed by atoms with E-state index in [2.05, 4.69) is 10.3 Å². The predicted molar refractivity (Wildman–Crippen MR) is 70.3 cm³/mol. The number of hydrogen-bond donors (Lipinski definition) is 1. The van der Waals surface area contributed by atoms with Gasteiger partial charge in [0, 0.05) is 26.1 Å². The fourth-order valence-electron chi connectivity index (χ4n) is 1.54. The minimum Gasteiger partial charge on any atom is -0.370 e. The van der Waals surface area contributed by atoms with Crippen molar-refractivity contribution in [3.05, 3.63) is 23.4 Å². The standard InChI is InChI=1S/C12H18ClN3O/c1-3-16(4-2)12(17)8-9-14-11-7-5-6-10(13)15-11/h5-7H,3-4,8-9H2,1-2H3,(H,14,15). The van der Waals surface area contributed by atoms with Crippen LogP contribution in [0.25, 0.3) is 0 Å². The number of rotatable bonds is 6. The van der Waals surface area contributed by atoms with Crippen LogP contribution in [0.1, 0.15) is 20.3 Å². The summed E-state index contributed by atoms with van der Waals surface area (Å²) in [5.74, 6) is 0.856. The van der Waals surface area contributed by atoms with Gasteiger partial charge >= 0.3 is 0 Å². The maximum atomic E-state index is 11.7. The molecule has 0 bridgehead atoms. The Morgan fingerprint density at radius 2 is 2.12 bits per heavy atom. The second-order valence-corrected chi connectivity index (χ2v) is 3.98. The number of nitrogens with one attached hydrogen (secondary N) is 1. The van der Waals surface area contributed by atoms with Crippen molar-refractivity contribution in [3.8, 4) is 0 Å². The molecule has 1 aromatic heterocycles. The van der Waals surface area contributed by atoms with E-state index in [-0.39, 0.29) is 5.91 Å². The molecule has 1 rings (SSSR count). The highest BCUT2D eigenvalue weighted by atomic mass is 35.5. The smallest absolute Gasteiger partial charge is 0.224 e. The molecule has 0 aliphatic heterocycles. The maximum Gasteiger partial charge on any atom is 0.224 e. The van der Waals surface area contributed by atoms with Gasteiger partial charge in [0.15, 0.2) is 0 Å². The minimum atomic E-state index is 0.157. The van der Waals surface area contributed by atoms with Crippen molar-refractivity contribution in [3.63, 3.8) is 0 Å². The second kappa shape index (κ2) is 7.12. The summed E-state index contributed by atoms with van der Waals surface area (Å²) in [5, 5.41) is 3.53.